The SMILES string of the molecule is CC(=O)NCc1ccc(-c2csc(NC(=O)CNC(=O)[C@@H](N)C(C)C)n2)o1. The van der Waals surface area contributed by atoms with Crippen molar-refractivity contribution in [3.63, 3.8) is 0 Å². The van der Waals surface area contributed by atoms with E-state index in [0.717, 1.165) is 0 Å². The lowest BCUT2D eigenvalue weighted by atomic mass is 10.1. The predicted molar refractivity (Wildman–Crippen MR) is 102 cm³/mol. The molecule has 0 unspecified atom stereocenters. The Morgan fingerprint density at radius 2 is 2.00 bits per heavy atom. The number of rotatable bonds is 8. The minimum Gasteiger partial charge on any atom is -0.458 e. The van der Waals surface area contributed by atoms with Crippen LogP contribution in [0, 0.1) is 5.92 Å². The third-order valence-corrected chi connectivity index (χ3v) is 4.38. The monoisotopic (exact) mass is 393 g/mol. The summed E-state index contributed by atoms with van der Waals surface area (Å²) in [6.45, 7) is 5.20. The quantitative estimate of drug-likeness (QED) is 0.529. The zero-order valence-corrected chi connectivity index (χ0v) is 16.2. The minimum absolute atomic E-state index is 0.0154. The highest BCUT2D eigenvalue weighted by molar-refractivity contribution is 7.14. The molecule has 0 radical (unpaired) electrons. The number of furan rings is 1. The van der Waals surface area contributed by atoms with E-state index in [1.165, 1.54) is 18.3 Å². The van der Waals surface area contributed by atoms with E-state index >= 15 is 0 Å². The molecule has 0 aliphatic carbocycles. The summed E-state index contributed by atoms with van der Waals surface area (Å²) in [5.41, 5.74) is 6.28. The summed E-state index contributed by atoms with van der Waals surface area (Å²) >= 11 is 1.24. The van der Waals surface area contributed by atoms with Crippen LogP contribution in [-0.2, 0) is 20.9 Å². The Hall–Kier alpha value is -2.72. The molecule has 0 saturated heterocycles. The molecule has 2 aromatic heterocycles. The molecule has 146 valence electrons. The Morgan fingerprint density at radius 1 is 1.26 bits per heavy atom. The third kappa shape index (κ3) is 6.19. The first kappa shape index (κ1) is 20.6. The first-order valence-electron chi connectivity index (χ1n) is 8.38. The van der Waals surface area contributed by atoms with Gasteiger partial charge in [-0.25, -0.2) is 4.98 Å². The van der Waals surface area contributed by atoms with E-state index in [-0.39, 0.29) is 24.3 Å². The summed E-state index contributed by atoms with van der Waals surface area (Å²) in [6, 6.07) is 2.83. The van der Waals surface area contributed by atoms with Gasteiger partial charge in [0.2, 0.25) is 17.7 Å². The zero-order valence-electron chi connectivity index (χ0n) is 15.4. The van der Waals surface area contributed by atoms with E-state index in [9.17, 15) is 14.4 Å². The fraction of sp³-hybridized carbons (Fsp3) is 0.412. The molecule has 0 aliphatic heterocycles. The number of carbonyl (C=O) groups is 3. The first-order chi connectivity index (χ1) is 12.8. The summed E-state index contributed by atoms with van der Waals surface area (Å²) in [6.07, 6.45) is 0. The Morgan fingerprint density at radius 3 is 2.67 bits per heavy atom. The van der Waals surface area contributed by atoms with Gasteiger partial charge in [-0.15, -0.1) is 11.3 Å². The Labute approximate surface area is 160 Å². The van der Waals surface area contributed by atoms with Gasteiger partial charge in [0.05, 0.1) is 19.1 Å². The molecule has 0 bridgehead atoms. The molecule has 0 aromatic carbocycles. The molecular weight excluding hydrogens is 370 g/mol. The molecule has 0 aliphatic rings. The van der Waals surface area contributed by atoms with Crippen LogP contribution >= 0.6 is 11.3 Å². The molecule has 27 heavy (non-hydrogen) atoms. The number of anilines is 1. The second kappa shape index (κ2) is 9.28. The van der Waals surface area contributed by atoms with Crippen molar-refractivity contribution in [3.8, 4) is 11.5 Å². The third-order valence-electron chi connectivity index (χ3n) is 3.62. The lowest BCUT2D eigenvalue weighted by molar-refractivity contribution is -0.125. The van der Waals surface area contributed by atoms with E-state index in [2.05, 4.69) is 20.9 Å². The summed E-state index contributed by atoms with van der Waals surface area (Å²) in [7, 11) is 0. The fourth-order valence-electron chi connectivity index (χ4n) is 2.02. The number of nitrogens with one attached hydrogen (secondary N) is 3. The van der Waals surface area contributed by atoms with E-state index in [1.807, 2.05) is 13.8 Å². The van der Waals surface area contributed by atoms with E-state index in [4.69, 9.17) is 10.2 Å². The summed E-state index contributed by atoms with van der Waals surface area (Å²) in [5.74, 6) is 0.200. The van der Waals surface area contributed by atoms with Gasteiger partial charge in [0.1, 0.15) is 11.5 Å². The van der Waals surface area contributed by atoms with Gasteiger partial charge in [0.15, 0.2) is 10.9 Å². The second-order valence-corrected chi connectivity index (χ2v) is 7.11. The van der Waals surface area contributed by atoms with Crippen molar-refractivity contribution in [3.05, 3.63) is 23.3 Å². The number of hydrogen-bond acceptors (Lipinski definition) is 7. The van der Waals surface area contributed by atoms with Crippen molar-refractivity contribution in [2.75, 3.05) is 11.9 Å². The topological polar surface area (TPSA) is 139 Å². The summed E-state index contributed by atoms with van der Waals surface area (Å²) in [5, 5.41) is 9.88. The first-order valence-corrected chi connectivity index (χ1v) is 9.26. The van der Waals surface area contributed by atoms with Gasteiger partial charge in [0, 0.05) is 12.3 Å². The van der Waals surface area contributed by atoms with Crippen molar-refractivity contribution in [2.45, 2.75) is 33.4 Å². The molecular formula is C17H23N5O4S. The smallest absolute Gasteiger partial charge is 0.245 e. The lowest BCUT2D eigenvalue weighted by Gasteiger charge is -2.14. The molecule has 5 N–H and O–H groups in total. The average Bonchev–Trinajstić information content (AvgIpc) is 3.26. The molecule has 0 saturated carbocycles. The summed E-state index contributed by atoms with van der Waals surface area (Å²) in [4.78, 5) is 38.9. The van der Waals surface area contributed by atoms with Gasteiger partial charge < -0.3 is 26.1 Å². The highest BCUT2D eigenvalue weighted by Gasteiger charge is 2.18. The zero-order chi connectivity index (χ0) is 20.0. The van der Waals surface area contributed by atoms with Crippen molar-refractivity contribution in [1.82, 2.24) is 15.6 Å². The van der Waals surface area contributed by atoms with Crippen molar-refractivity contribution in [1.29, 1.82) is 0 Å². The summed E-state index contributed by atoms with van der Waals surface area (Å²) < 4.78 is 5.61. The number of nitrogens with zero attached hydrogens (tertiary/aromatic N) is 1. The van der Waals surface area contributed by atoms with Crippen LogP contribution in [0.15, 0.2) is 21.9 Å². The Kier molecular flexibility index (Phi) is 7.08. The Bertz CT molecular complexity index is 814. The molecule has 9 nitrogen and oxygen atoms in total. The maximum atomic E-state index is 11.9. The predicted octanol–water partition coefficient (Wildman–Crippen LogP) is 1.08. The van der Waals surface area contributed by atoms with Gasteiger partial charge in [-0.05, 0) is 18.1 Å². The van der Waals surface area contributed by atoms with Crippen LogP contribution in [0.1, 0.15) is 26.5 Å². The molecule has 1 atom stereocenters. The normalized spacial score (nSPS) is 11.9. The van der Waals surface area contributed by atoms with Gasteiger partial charge in [-0.2, -0.15) is 0 Å². The van der Waals surface area contributed by atoms with Gasteiger partial charge in [0.25, 0.3) is 0 Å². The average molecular weight is 393 g/mol. The maximum Gasteiger partial charge on any atom is 0.245 e. The number of thiazole rings is 1. The van der Waals surface area contributed by atoms with E-state index < -0.39 is 11.9 Å². The Balaban J connectivity index is 1.87. The highest BCUT2D eigenvalue weighted by Crippen LogP contribution is 2.26. The van der Waals surface area contributed by atoms with Gasteiger partial charge in [-0.1, -0.05) is 13.8 Å². The van der Waals surface area contributed by atoms with Crippen molar-refractivity contribution >= 4 is 34.2 Å². The number of hydrogen-bond donors (Lipinski definition) is 4. The van der Waals surface area contributed by atoms with Crippen LogP contribution in [0.5, 0.6) is 0 Å². The molecule has 0 fully saturated rings. The maximum absolute atomic E-state index is 11.9. The van der Waals surface area contributed by atoms with Crippen LogP contribution in [0.25, 0.3) is 11.5 Å². The second-order valence-electron chi connectivity index (χ2n) is 6.25. The number of nitrogens with two attached hydrogens (primary N) is 1. The molecule has 2 rings (SSSR count). The van der Waals surface area contributed by atoms with E-state index in [0.29, 0.717) is 28.9 Å². The molecule has 0 spiro atoms. The van der Waals surface area contributed by atoms with Gasteiger partial charge in [-0.3, -0.25) is 14.4 Å². The molecule has 10 heteroatoms. The van der Waals surface area contributed by atoms with Crippen molar-refractivity contribution < 1.29 is 18.8 Å². The highest BCUT2D eigenvalue weighted by atomic mass is 32.1. The largest absolute Gasteiger partial charge is 0.458 e. The lowest BCUT2D eigenvalue weighted by Crippen LogP contribution is -2.46. The van der Waals surface area contributed by atoms with Crippen LogP contribution in [0.2, 0.25) is 0 Å². The van der Waals surface area contributed by atoms with Crippen LogP contribution < -0.4 is 21.7 Å². The molecule has 3 amide bonds. The van der Waals surface area contributed by atoms with E-state index in [1.54, 1.807) is 17.5 Å². The van der Waals surface area contributed by atoms with Crippen LogP contribution in [0.3, 0.4) is 0 Å². The molecule has 2 heterocycles. The number of carbonyl (C=O) groups excluding carboxylic acids is 3. The standard InChI is InChI=1S/C17H23N5O4S/c1-9(2)15(18)16(25)20-7-14(24)22-17-21-12(8-27-17)13-5-4-11(26-13)6-19-10(3)23/h4-5,8-9,15H,6-7,18H2,1-3H3,(H,19,23)(H,20,25)(H,21,22,24)/t15-/m0/s1. The van der Waals surface area contributed by atoms with Gasteiger partial charge >= 0.3 is 0 Å². The molecule has 2 aromatic rings. The number of amides is 3. The van der Waals surface area contributed by atoms with Crippen LogP contribution in [-0.4, -0.2) is 35.3 Å². The fourth-order valence-corrected chi connectivity index (χ4v) is 2.73. The minimum atomic E-state index is -0.657. The van der Waals surface area contributed by atoms with Crippen molar-refractivity contribution in [2.24, 2.45) is 11.7 Å². The van der Waals surface area contributed by atoms with Crippen LogP contribution in [0.4, 0.5) is 5.13 Å². The number of aromatic nitrogens is 1.